The van der Waals surface area contributed by atoms with E-state index in [-0.39, 0.29) is 0 Å². The van der Waals surface area contributed by atoms with Gasteiger partial charge in [-0.25, -0.2) is 0 Å². The van der Waals surface area contributed by atoms with Crippen molar-refractivity contribution in [3.8, 4) is 0 Å². The average Bonchev–Trinajstić information content (AvgIpc) is 2.72. The van der Waals surface area contributed by atoms with Crippen LogP contribution in [0.25, 0.3) is 0 Å². The van der Waals surface area contributed by atoms with E-state index in [0.717, 1.165) is 5.75 Å². The molecule has 0 spiro atoms. The molecule has 1 fully saturated rings. The van der Waals surface area contributed by atoms with Crippen molar-refractivity contribution in [1.29, 1.82) is 0 Å². The Labute approximate surface area is 90.3 Å². The second kappa shape index (κ2) is 4.85. The molecule has 1 aliphatic rings. The second-order valence-corrected chi connectivity index (χ2v) is 4.99. The van der Waals surface area contributed by atoms with Crippen molar-refractivity contribution in [2.45, 2.75) is 30.7 Å². The van der Waals surface area contributed by atoms with Crippen molar-refractivity contribution in [1.82, 2.24) is 5.32 Å². The maximum atomic E-state index is 3.52. The highest BCUT2D eigenvalue weighted by atomic mass is 32.2. The van der Waals surface area contributed by atoms with Gasteiger partial charge in [-0.05, 0) is 42.8 Å². The third kappa shape index (κ3) is 2.31. The van der Waals surface area contributed by atoms with Crippen molar-refractivity contribution in [2.24, 2.45) is 0 Å². The summed E-state index contributed by atoms with van der Waals surface area (Å²) in [4.78, 5) is 1.38. The maximum absolute atomic E-state index is 3.52. The lowest BCUT2D eigenvalue weighted by atomic mass is 10.1. The van der Waals surface area contributed by atoms with E-state index < -0.39 is 0 Å². The van der Waals surface area contributed by atoms with Gasteiger partial charge in [0.05, 0.1) is 0 Å². The van der Waals surface area contributed by atoms with Gasteiger partial charge in [-0.1, -0.05) is 19.1 Å². The molecular weight excluding hydrogens is 190 g/mol. The molecule has 0 saturated carbocycles. The molecule has 2 heteroatoms. The molecule has 1 atom stereocenters. The smallest absolute Gasteiger partial charge is 0.0320 e. The Morgan fingerprint density at radius 3 is 2.71 bits per heavy atom. The third-order valence-electron chi connectivity index (χ3n) is 2.65. The van der Waals surface area contributed by atoms with E-state index >= 15 is 0 Å². The fraction of sp³-hybridized carbons (Fsp3) is 0.500. The van der Waals surface area contributed by atoms with Crippen LogP contribution in [-0.2, 0) is 0 Å². The third-order valence-corrected chi connectivity index (χ3v) is 3.55. The van der Waals surface area contributed by atoms with Gasteiger partial charge in [0.15, 0.2) is 0 Å². The molecule has 0 radical (unpaired) electrons. The standard InChI is InChI=1S/C12H17NS/c1-2-14-11-7-5-10(6-8-11)12-4-3-9-13-12/h5-8,12-13H,2-4,9H2,1H3. The minimum atomic E-state index is 0.607. The van der Waals surface area contributed by atoms with Crippen LogP contribution in [0.1, 0.15) is 31.4 Å². The Morgan fingerprint density at radius 1 is 1.36 bits per heavy atom. The van der Waals surface area contributed by atoms with Crippen LogP contribution in [0, 0.1) is 0 Å². The molecule has 1 heterocycles. The van der Waals surface area contributed by atoms with Crippen molar-refractivity contribution in [3.63, 3.8) is 0 Å². The number of benzene rings is 1. The van der Waals surface area contributed by atoms with Gasteiger partial charge in [-0.15, -0.1) is 11.8 Å². The molecular formula is C12H17NS. The summed E-state index contributed by atoms with van der Waals surface area (Å²) in [6, 6.07) is 9.62. The molecule has 14 heavy (non-hydrogen) atoms. The Morgan fingerprint density at radius 2 is 2.14 bits per heavy atom. The zero-order valence-electron chi connectivity index (χ0n) is 8.62. The summed E-state index contributed by atoms with van der Waals surface area (Å²) in [7, 11) is 0. The molecule has 76 valence electrons. The zero-order valence-corrected chi connectivity index (χ0v) is 9.44. The number of hydrogen-bond acceptors (Lipinski definition) is 2. The lowest BCUT2D eigenvalue weighted by Gasteiger charge is -2.10. The predicted molar refractivity (Wildman–Crippen MR) is 62.8 cm³/mol. The van der Waals surface area contributed by atoms with Crippen LogP contribution in [0.2, 0.25) is 0 Å². The fourth-order valence-electron chi connectivity index (χ4n) is 1.93. The fourth-order valence-corrected chi connectivity index (χ4v) is 2.59. The lowest BCUT2D eigenvalue weighted by Crippen LogP contribution is -2.12. The van der Waals surface area contributed by atoms with Crippen LogP contribution in [0.5, 0.6) is 0 Å². The minimum Gasteiger partial charge on any atom is -0.310 e. The van der Waals surface area contributed by atoms with Crippen LogP contribution in [0.4, 0.5) is 0 Å². The average molecular weight is 207 g/mol. The molecule has 0 amide bonds. The van der Waals surface area contributed by atoms with Crippen LogP contribution >= 0.6 is 11.8 Å². The highest BCUT2D eigenvalue weighted by Crippen LogP contribution is 2.25. The summed E-state index contributed by atoms with van der Waals surface area (Å²) in [5.74, 6) is 1.15. The van der Waals surface area contributed by atoms with E-state index in [9.17, 15) is 0 Å². The van der Waals surface area contributed by atoms with Crippen molar-refractivity contribution >= 4 is 11.8 Å². The number of thioether (sulfide) groups is 1. The number of hydrogen-bond donors (Lipinski definition) is 1. The first-order chi connectivity index (χ1) is 6.90. The molecule has 1 nitrogen and oxygen atoms in total. The summed E-state index contributed by atoms with van der Waals surface area (Å²) < 4.78 is 0. The number of rotatable bonds is 3. The first-order valence-electron chi connectivity index (χ1n) is 5.36. The summed E-state index contributed by atoms with van der Waals surface area (Å²) >= 11 is 1.91. The van der Waals surface area contributed by atoms with Gasteiger partial charge in [-0.3, -0.25) is 0 Å². The SMILES string of the molecule is CCSc1ccc(C2CCCN2)cc1. The molecule has 1 unspecified atom stereocenters. The van der Waals surface area contributed by atoms with Gasteiger partial charge >= 0.3 is 0 Å². The van der Waals surface area contributed by atoms with Gasteiger partial charge in [-0.2, -0.15) is 0 Å². The van der Waals surface area contributed by atoms with Crippen LogP contribution in [0.15, 0.2) is 29.2 Å². The highest BCUT2D eigenvalue weighted by molar-refractivity contribution is 7.99. The van der Waals surface area contributed by atoms with Gasteiger partial charge in [0.1, 0.15) is 0 Å². The number of nitrogens with one attached hydrogen (secondary N) is 1. The van der Waals surface area contributed by atoms with Gasteiger partial charge in [0.2, 0.25) is 0 Å². The van der Waals surface area contributed by atoms with E-state index in [1.807, 2.05) is 11.8 Å². The van der Waals surface area contributed by atoms with Crippen molar-refractivity contribution in [2.75, 3.05) is 12.3 Å². The van der Waals surface area contributed by atoms with Crippen LogP contribution in [0.3, 0.4) is 0 Å². The normalized spacial score (nSPS) is 21.4. The van der Waals surface area contributed by atoms with Crippen molar-refractivity contribution < 1.29 is 0 Å². The van der Waals surface area contributed by atoms with E-state index in [1.54, 1.807) is 0 Å². The Kier molecular flexibility index (Phi) is 3.49. The first-order valence-corrected chi connectivity index (χ1v) is 6.35. The first kappa shape index (κ1) is 10.1. The van der Waals surface area contributed by atoms with E-state index in [4.69, 9.17) is 0 Å². The predicted octanol–water partition coefficient (Wildman–Crippen LogP) is 3.22. The largest absolute Gasteiger partial charge is 0.310 e. The molecule has 0 aromatic heterocycles. The summed E-state index contributed by atoms with van der Waals surface area (Å²) in [6.45, 7) is 3.37. The molecule has 0 aliphatic carbocycles. The monoisotopic (exact) mass is 207 g/mol. The Balaban J connectivity index is 2.05. The van der Waals surface area contributed by atoms with Gasteiger partial charge < -0.3 is 5.32 Å². The molecule has 1 saturated heterocycles. The summed E-state index contributed by atoms with van der Waals surface area (Å²) in [6.07, 6.45) is 2.61. The van der Waals surface area contributed by atoms with Crippen LogP contribution in [-0.4, -0.2) is 12.3 Å². The Bertz CT molecular complexity index is 275. The van der Waals surface area contributed by atoms with E-state index in [1.165, 1.54) is 29.8 Å². The lowest BCUT2D eigenvalue weighted by molar-refractivity contribution is 0.647. The van der Waals surface area contributed by atoms with Crippen LogP contribution < -0.4 is 5.32 Å². The summed E-state index contributed by atoms with van der Waals surface area (Å²) in [5.41, 5.74) is 1.45. The summed E-state index contributed by atoms with van der Waals surface area (Å²) in [5, 5.41) is 3.52. The maximum Gasteiger partial charge on any atom is 0.0320 e. The molecule has 0 bridgehead atoms. The molecule has 1 N–H and O–H groups in total. The van der Waals surface area contributed by atoms with Gasteiger partial charge in [0, 0.05) is 10.9 Å². The topological polar surface area (TPSA) is 12.0 Å². The molecule has 1 aromatic carbocycles. The van der Waals surface area contributed by atoms with E-state index in [0.29, 0.717) is 6.04 Å². The van der Waals surface area contributed by atoms with Gasteiger partial charge in [0.25, 0.3) is 0 Å². The highest BCUT2D eigenvalue weighted by Gasteiger charge is 2.15. The quantitative estimate of drug-likeness (QED) is 0.764. The Hall–Kier alpha value is -0.470. The minimum absolute atomic E-state index is 0.607. The second-order valence-electron chi connectivity index (χ2n) is 3.65. The molecule has 1 aliphatic heterocycles. The van der Waals surface area contributed by atoms with E-state index in [2.05, 4.69) is 36.5 Å². The molecule has 1 aromatic rings. The molecule has 2 rings (SSSR count). The van der Waals surface area contributed by atoms with Crippen molar-refractivity contribution in [3.05, 3.63) is 29.8 Å². The zero-order chi connectivity index (χ0) is 9.80.